The van der Waals surface area contributed by atoms with Crippen LogP contribution in [0.4, 0.5) is 0 Å². The van der Waals surface area contributed by atoms with Crippen LogP contribution in [0.2, 0.25) is 0 Å². The van der Waals surface area contributed by atoms with Gasteiger partial charge in [-0.15, -0.1) is 12.4 Å². The lowest BCUT2D eigenvalue weighted by atomic mass is 9.81. The molecule has 1 aliphatic carbocycles. The summed E-state index contributed by atoms with van der Waals surface area (Å²) < 4.78 is 5.33. The van der Waals surface area contributed by atoms with Crippen molar-refractivity contribution in [3.63, 3.8) is 0 Å². The molecule has 0 aromatic heterocycles. The molecular weight excluding hydrogens is 288 g/mol. The van der Waals surface area contributed by atoms with E-state index in [1.807, 2.05) is 31.3 Å². The summed E-state index contributed by atoms with van der Waals surface area (Å²) in [6, 6.07) is 7.77. The Bertz CT molecular complexity index is 473. The number of benzene rings is 1. The van der Waals surface area contributed by atoms with Crippen LogP contribution in [-0.4, -0.2) is 30.5 Å². The molecule has 2 rings (SSSR count). The Morgan fingerprint density at radius 2 is 1.90 bits per heavy atom. The highest BCUT2D eigenvalue weighted by molar-refractivity contribution is 5.86. The maximum Gasteiger partial charge on any atom is 0.242 e. The summed E-state index contributed by atoms with van der Waals surface area (Å²) >= 11 is 0. The maximum absolute atomic E-state index is 12.6. The number of carbonyl (C=O) groups is 1. The summed E-state index contributed by atoms with van der Waals surface area (Å²) in [7, 11) is 3.46. The first-order chi connectivity index (χ1) is 9.57. The Hall–Kier alpha value is -1.26. The van der Waals surface area contributed by atoms with Crippen LogP contribution in [0.25, 0.3) is 0 Å². The monoisotopic (exact) mass is 312 g/mol. The number of carbonyl (C=O) groups excluding carboxylic acids is 1. The largest absolute Gasteiger partial charge is 0.496 e. The molecule has 0 aliphatic heterocycles. The third kappa shape index (κ3) is 4.11. The number of rotatable bonds is 4. The quantitative estimate of drug-likeness (QED) is 0.930. The molecule has 2 N–H and O–H groups in total. The van der Waals surface area contributed by atoms with Gasteiger partial charge in [-0.1, -0.05) is 37.5 Å². The van der Waals surface area contributed by atoms with E-state index in [9.17, 15) is 4.79 Å². The van der Waals surface area contributed by atoms with Gasteiger partial charge in [0.25, 0.3) is 0 Å². The number of hydrogen-bond donors (Lipinski definition) is 1. The normalized spacial score (nSPS) is 16.7. The molecule has 0 heterocycles. The number of halogens is 1. The van der Waals surface area contributed by atoms with Gasteiger partial charge in [0.05, 0.1) is 12.6 Å². The van der Waals surface area contributed by atoms with Crippen molar-refractivity contribution in [1.29, 1.82) is 0 Å². The van der Waals surface area contributed by atoms with E-state index in [0.29, 0.717) is 6.54 Å². The van der Waals surface area contributed by atoms with Crippen LogP contribution in [0.1, 0.15) is 37.7 Å². The number of nitrogens with two attached hydrogens (primary N) is 1. The fourth-order valence-corrected chi connectivity index (χ4v) is 2.94. The van der Waals surface area contributed by atoms with Crippen LogP contribution in [0.3, 0.4) is 0 Å². The van der Waals surface area contributed by atoms with Crippen molar-refractivity contribution in [2.24, 2.45) is 5.73 Å². The van der Waals surface area contributed by atoms with Crippen molar-refractivity contribution < 1.29 is 9.53 Å². The third-order valence-electron chi connectivity index (χ3n) is 4.12. The molecule has 0 radical (unpaired) electrons. The van der Waals surface area contributed by atoms with Crippen LogP contribution in [0.5, 0.6) is 5.75 Å². The third-order valence-corrected chi connectivity index (χ3v) is 4.12. The Kier molecular flexibility index (Phi) is 6.49. The Morgan fingerprint density at radius 1 is 1.29 bits per heavy atom. The van der Waals surface area contributed by atoms with Crippen LogP contribution in [0, 0.1) is 0 Å². The number of nitrogens with zero attached hydrogens (tertiary/aromatic N) is 1. The van der Waals surface area contributed by atoms with E-state index in [0.717, 1.165) is 37.0 Å². The van der Waals surface area contributed by atoms with E-state index >= 15 is 0 Å². The summed E-state index contributed by atoms with van der Waals surface area (Å²) in [5.74, 6) is 0.852. The molecular formula is C16H25ClN2O2. The zero-order valence-corrected chi connectivity index (χ0v) is 13.6. The highest BCUT2D eigenvalue weighted by atomic mass is 35.5. The van der Waals surface area contributed by atoms with Crippen molar-refractivity contribution in [2.75, 3.05) is 14.2 Å². The van der Waals surface area contributed by atoms with E-state index in [2.05, 4.69) is 0 Å². The maximum atomic E-state index is 12.6. The minimum atomic E-state index is -0.672. The lowest BCUT2D eigenvalue weighted by Crippen LogP contribution is -2.55. The second kappa shape index (κ2) is 7.66. The van der Waals surface area contributed by atoms with Gasteiger partial charge in [-0.25, -0.2) is 0 Å². The molecule has 118 valence electrons. The van der Waals surface area contributed by atoms with Gasteiger partial charge < -0.3 is 15.4 Å². The van der Waals surface area contributed by atoms with Gasteiger partial charge in [0.15, 0.2) is 0 Å². The second-order valence-electron chi connectivity index (χ2n) is 5.69. The molecule has 1 saturated carbocycles. The standard InChI is InChI=1S/C16H24N2O2.ClH/c1-18(12-13-8-4-5-9-14(13)20-2)15(19)16(17)10-6-3-7-11-16;/h4-5,8-9H,3,6-7,10-12,17H2,1-2H3;1H. The SMILES string of the molecule is COc1ccccc1CN(C)C(=O)C1(N)CCCCC1.Cl. The summed E-state index contributed by atoms with van der Waals surface area (Å²) in [4.78, 5) is 14.3. The first-order valence-electron chi connectivity index (χ1n) is 7.23. The first-order valence-corrected chi connectivity index (χ1v) is 7.23. The van der Waals surface area contributed by atoms with Gasteiger partial charge in [-0.05, 0) is 18.9 Å². The fourth-order valence-electron chi connectivity index (χ4n) is 2.94. The fraction of sp³-hybridized carbons (Fsp3) is 0.562. The average molecular weight is 313 g/mol. The Labute approximate surface area is 133 Å². The van der Waals surface area contributed by atoms with Crippen molar-refractivity contribution in [3.05, 3.63) is 29.8 Å². The molecule has 0 atom stereocenters. The summed E-state index contributed by atoms with van der Waals surface area (Å²) in [6.45, 7) is 0.530. The predicted octanol–water partition coefficient (Wildman–Crippen LogP) is 2.74. The molecule has 21 heavy (non-hydrogen) atoms. The molecule has 0 bridgehead atoms. The minimum Gasteiger partial charge on any atom is -0.496 e. The van der Waals surface area contributed by atoms with Crippen LogP contribution in [-0.2, 0) is 11.3 Å². The van der Waals surface area contributed by atoms with Crippen molar-refractivity contribution in [1.82, 2.24) is 4.90 Å². The molecule has 0 unspecified atom stereocenters. The average Bonchev–Trinajstić information content (AvgIpc) is 2.47. The molecule has 1 fully saturated rings. The summed E-state index contributed by atoms with van der Waals surface area (Å²) in [6.07, 6.45) is 4.86. The van der Waals surface area contributed by atoms with E-state index in [1.54, 1.807) is 12.0 Å². The van der Waals surface area contributed by atoms with Gasteiger partial charge >= 0.3 is 0 Å². The summed E-state index contributed by atoms with van der Waals surface area (Å²) in [5.41, 5.74) is 6.64. The number of methoxy groups -OCH3 is 1. The van der Waals surface area contributed by atoms with Gasteiger partial charge in [-0.2, -0.15) is 0 Å². The number of hydrogen-bond acceptors (Lipinski definition) is 3. The van der Waals surface area contributed by atoms with Crippen molar-refractivity contribution in [2.45, 2.75) is 44.2 Å². The number of para-hydroxylation sites is 1. The van der Waals surface area contributed by atoms with E-state index in [1.165, 1.54) is 6.42 Å². The van der Waals surface area contributed by atoms with Crippen LogP contribution in [0.15, 0.2) is 24.3 Å². The molecule has 1 aromatic rings. The van der Waals surface area contributed by atoms with Crippen molar-refractivity contribution >= 4 is 18.3 Å². The van der Waals surface area contributed by atoms with Gasteiger partial charge in [0.1, 0.15) is 5.75 Å². The molecule has 1 aromatic carbocycles. The first kappa shape index (κ1) is 17.8. The molecule has 0 spiro atoms. The molecule has 4 nitrogen and oxygen atoms in total. The van der Waals surface area contributed by atoms with E-state index in [-0.39, 0.29) is 18.3 Å². The second-order valence-corrected chi connectivity index (χ2v) is 5.69. The number of amides is 1. The minimum absolute atomic E-state index is 0. The van der Waals surface area contributed by atoms with Crippen molar-refractivity contribution in [3.8, 4) is 5.75 Å². The number of likely N-dealkylation sites (N-methyl/N-ethyl adjacent to an activating group) is 1. The predicted molar refractivity (Wildman–Crippen MR) is 86.7 cm³/mol. The Balaban J connectivity index is 0.00000220. The van der Waals surface area contributed by atoms with Gasteiger partial charge in [0.2, 0.25) is 5.91 Å². The van der Waals surface area contributed by atoms with E-state index in [4.69, 9.17) is 10.5 Å². The lowest BCUT2D eigenvalue weighted by molar-refractivity contribution is -0.137. The molecule has 1 aliphatic rings. The highest BCUT2D eigenvalue weighted by Gasteiger charge is 2.37. The summed E-state index contributed by atoms with van der Waals surface area (Å²) in [5, 5.41) is 0. The zero-order chi connectivity index (χ0) is 14.6. The van der Waals surface area contributed by atoms with Gasteiger partial charge in [-0.3, -0.25) is 4.79 Å². The topological polar surface area (TPSA) is 55.6 Å². The smallest absolute Gasteiger partial charge is 0.242 e. The highest BCUT2D eigenvalue weighted by Crippen LogP contribution is 2.28. The molecule has 1 amide bonds. The Morgan fingerprint density at radius 3 is 2.52 bits per heavy atom. The lowest BCUT2D eigenvalue weighted by Gasteiger charge is -2.35. The van der Waals surface area contributed by atoms with E-state index < -0.39 is 5.54 Å². The molecule has 5 heteroatoms. The molecule has 0 saturated heterocycles. The van der Waals surface area contributed by atoms with Crippen LogP contribution < -0.4 is 10.5 Å². The zero-order valence-electron chi connectivity index (χ0n) is 12.8. The van der Waals surface area contributed by atoms with Gasteiger partial charge in [0, 0.05) is 19.2 Å². The number of ether oxygens (including phenoxy) is 1. The van der Waals surface area contributed by atoms with Crippen LogP contribution >= 0.6 is 12.4 Å².